The Hall–Kier alpha value is -1.25. The Balaban J connectivity index is 3.19. The van der Waals surface area contributed by atoms with Gasteiger partial charge < -0.3 is 5.11 Å². The number of carboxylic acids is 1. The van der Waals surface area contributed by atoms with Gasteiger partial charge >= 0.3 is 5.97 Å². The monoisotopic (exact) mass is 146 g/mol. The van der Waals surface area contributed by atoms with Crippen LogP contribution in [0.15, 0.2) is 18.2 Å². The number of aryl methyl sites for hydroxylation is 1. The smallest absolute Gasteiger partial charge is 0.335 e. The quantitative estimate of drug-likeness (QED) is 0.585. The highest BCUT2D eigenvalue weighted by atomic mass is 16.4. The van der Waals surface area contributed by atoms with Crippen LogP contribution in [-0.2, 0) is 0 Å². The van der Waals surface area contributed by atoms with Crippen LogP contribution in [0.2, 0.25) is 0 Å². The second kappa shape index (κ2) is 2.78. The number of benzene rings is 1. The molecule has 0 heterocycles. The van der Waals surface area contributed by atoms with E-state index in [-0.39, 0.29) is 5.56 Å². The summed E-state index contributed by atoms with van der Waals surface area (Å²) in [6.45, 7) is 1.81. The zero-order valence-corrected chi connectivity index (χ0v) is 6.16. The normalized spacial score (nSPS) is 9.55. The maximum absolute atomic E-state index is 10.4. The number of rotatable bonds is 1. The van der Waals surface area contributed by atoms with E-state index < -0.39 is 5.97 Å². The van der Waals surface area contributed by atoms with Crippen molar-refractivity contribution in [3.63, 3.8) is 0 Å². The van der Waals surface area contributed by atoms with Gasteiger partial charge in [-0.1, -0.05) is 23.2 Å². The van der Waals surface area contributed by atoms with E-state index in [0.717, 1.165) is 5.56 Å². The highest BCUT2D eigenvalue weighted by Gasteiger charge is 2.01. The lowest BCUT2D eigenvalue weighted by molar-refractivity contribution is 0.0697. The second-order valence-corrected chi connectivity index (χ2v) is 2.44. The van der Waals surface area contributed by atoms with Gasteiger partial charge in [-0.2, -0.15) is 0 Å². The maximum Gasteiger partial charge on any atom is 0.335 e. The van der Waals surface area contributed by atoms with Crippen molar-refractivity contribution in [3.8, 4) is 0 Å². The molecule has 1 aromatic rings. The first-order valence-electron chi connectivity index (χ1n) is 3.20. The van der Waals surface area contributed by atoms with Gasteiger partial charge in [0.1, 0.15) is 7.85 Å². The average Bonchev–Trinajstić information content (AvgIpc) is 1.85. The molecule has 0 atom stereocenters. The summed E-state index contributed by atoms with van der Waals surface area (Å²) in [5.74, 6) is -0.944. The minimum Gasteiger partial charge on any atom is -0.478 e. The lowest BCUT2D eigenvalue weighted by Crippen LogP contribution is -2.07. The fraction of sp³-hybridized carbons (Fsp3) is 0.125. The number of carboxylic acid groups (broad SMARTS) is 1. The van der Waals surface area contributed by atoms with Crippen LogP contribution in [0.25, 0.3) is 0 Å². The van der Waals surface area contributed by atoms with Gasteiger partial charge in [0.25, 0.3) is 0 Å². The van der Waals surface area contributed by atoms with Crippen LogP contribution in [-0.4, -0.2) is 18.9 Å². The molecule has 1 rings (SSSR count). The van der Waals surface area contributed by atoms with Crippen LogP contribution in [0.1, 0.15) is 15.9 Å². The van der Waals surface area contributed by atoms with Crippen molar-refractivity contribution in [1.82, 2.24) is 0 Å². The first kappa shape index (κ1) is 7.86. The van der Waals surface area contributed by atoms with Crippen molar-refractivity contribution in [3.05, 3.63) is 29.3 Å². The molecule has 1 N–H and O–H groups in total. The summed E-state index contributed by atoms with van der Waals surface area (Å²) in [5.41, 5.74) is 1.59. The third-order valence-corrected chi connectivity index (χ3v) is 1.35. The maximum atomic E-state index is 10.4. The van der Waals surface area contributed by atoms with Crippen molar-refractivity contribution >= 4 is 19.3 Å². The van der Waals surface area contributed by atoms with Crippen molar-refractivity contribution in [2.75, 3.05) is 0 Å². The molecule has 0 amide bonds. The predicted octanol–water partition coefficient (Wildman–Crippen LogP) is 0.487. The molecule has 0 aliphatic rings. The molecule has 11 heavy (non-hydrogen) atoms. The van der Waals surface area contributed by atoms with Crippen LogP contribution < -0.4 is 5.46 Å². The summed E-state index contributed by atoms with van der Waals surface area (Å²) in [6, 6.07) is 4.75. The number of aromatic carboxylic acids is 1. The molecule has 0 saturated heterocycles. The lowest BCUT2D eigenvalue weighted by Gasteiger charge is -1.98. The van der Waals surface area contributed by atoms with Gasteiger partial charge in [-0.15, -0.1) is 0 Å². The zero-order chi connectivity index (χ0) is 8.43. The molecule has 0 spiro atoms. The van der Waals surface area contributed by atoms with Crippen molar-refractivity contribution < 1.29 is 9.90 Å². The summed E-state index contributed by atoms with van der Waals surface area (Å²) in [6.07, 6.45) is 0. The summed E-state index contributed by atoms with van der Waals surface area (Å²) in [7, 11) is 5.43. The zero-order valence-electron chi connectivity index (χ0n) is 6.16. The predicted molar refractivity (Wildman–Crippen MR) is 43.5 cm³/mol. The average molecular weight is 146 g/mol. The SMILES string of the molecule is [B]c1cc(C)cc(C(=O)O)c1. The molecule has 0 saturated carbocycles. The van der Waals surface area contributed by atoms with Gasteiger partial charge in [0.15, 0.2) is 0 Å². The van der Waals surface area contributed by atoms with Crippen LogP contribution in [0, 0.1) is 6.92 Å². The minimum absolute atomic E-state index is 0.238. The molecule has 0 aliphatic heterocycles. The summed E-state index contributed by atoms with van der Waals surface area (Å²) in [5, 5.41) is 8.58. The summed E-state index contributed by atoms with van der Waals surface area (Å²) in [4.78, 5) is 10.4. The van der Waals surface area contributed by atoms with E-state index in [4.69, 9.17) is 13.0 Å². The molecular formula is C8H7BO2. The number of hydrogen-bond acceptors (Lipinski definition) is 1. The van der Waals surface area contributed by atoms with E-state index in [1.807, 2.05) is 6.92 Å². The van der Waals surface area contributed by atoms with Gasteiger partial charge in [0.2, 0.25) is 0 Å². The van der Waals surface area contributed by atoms with Gasteiger partial charge in [-0.3, -0.25) is 0 Å². The molecule has 2 nitrogen and oxygen atoms in total. The Kier molecular flexibility index (Phi) is 1.99. The third-order valence-electron chi connectivity index (χ3n) is 1.35. The minimum atomic E-state index is -0.944. The molecular weight excluding hydrogens is 139 g/mol. The van der Waals surface area contributed by atoms with E-state index in [0.29, 0.717) is 5.46 Å². The second-order valence-electron chi connectivity index (χ2n) is 2.44. The highest BCUT2D eigenvalue weighted by molar-refractivity contribution is 6.32. The Labute approximate surface area is 66.3 Å². The topological polar surface area (TPSA) is 37.3 Å². The van der Waals surface area contributed by atoms with E-state index >= 15 is 0 Å². The molecule has 3 heteroatoms. The Morgan fingerprint density at radius 3 is 2.55 bits per heavy atom. The van der Waals surface area contributed by atoms with Crippen molar-refractivity contribution in [2.45, 2.75) is 6.92 Å². The van der Waals surface area contributed by atoms with Gasteiger partial charge in [0.05, 0.1) is 5.56 Å². The van der Waals surface area contributed by atoms with E-state index in [9.17, 15) is 4.79 Å². The summed E-state index contributed by atoms with van der Waals surface area (Å²) < 4.78 is 0. The molecule has 0 aliphatic carbocycles. The summed E-state index contributed by atoms with van der Waals surface area (Å²) >= 11 is 0. The van der Waals surface area contributed by atoms with Crippen molar-refractivity contribution in [2.24, 2.45) is 0 Å². The molecule has 1 aromatic carbocycles. The van der Waals surface area contributed by atoms with E-state index in [1.54, 1.807) is 12.1 Å². The van der Waals surface area contributed by atoms with Crippen LogP contribution in [0.4, 0.5) is 0 Å². The van der Waals surface area contributed by atoms with Crippen LogP contribution >= 0.6 is 0 Å². The van der Waals surface area contributed by atoms with E-state index in [1.165, 1.54) is 6.07 Å². The molecule has 2 radical (unpaired) electrons. The Bertz CT molecular complexity index is 274. The van der Waals surface area contributed by atoms with Crippen LogP contribution in [0.3, 0.4) is 0 Å². The molecule has 0 bridgehead atoms. The molecule has 54 valence electrons. The largest absolute Gasteiger partial charge is 0.478 e. The van der Waals surface area contributed by atoms with Gasteiger partial charge in [-0.05, 0) is 13.0 Å². The molecule has 0 unspecified atom stereocenters. The Morgan fingerprint density at radius 2 is 2.09 bits per heavy atom. The van der Waals surface area contributed by atoms with Gasteiger partial charge in [0, 0.05) is 0 Å². The highest BCUT2D eigenvalue weighted by Crippen LogP contribution is 2.00. The molecule has 0 aromatic heterocycles. The fourth-order valence-corrected chi connectivity index (χ4v) is 0.936. The standard InChI is InChI=1S/C8H7BO2/c1-5-2-6(8(10)11)4-7(9)3-5/h2-4H,1H3,(H,10,11). The number of hydrogen-bond donors (Lipinski definition) is 1. The fourth-order valence-electron chi connectivity index (χ4n) is 0.936. The first-order chi connectivity index (χ1) is 5.09. The Morgan fingerprint density at radius 1 is 1.45 bits per heavy atom. The first-order valence-corrected chi connectivity index (χ1v) is 3.20. The van der Waals surface area contributed by atoms with Crippen molar-refractivity contribution in [1.29, 1.82) is 0 Å². The van der Waals surface area contributed by atoms with Gasteiger partial charge in [-0.25, -0.2) is 4.79 Å². The molecule has 0 fully saturated rings. The lowest BCUT2D eigenvalue weighted by atomic mass is 9.92. The van der Waals surface area contributed by atoms with Crippen LogP contribution in [0.5, 0.6) is 0 Å². The van der Waals surface area contributed by atoms with E-state index in [2.05, 4.69) is 0 Å². The number of carbonyl (C=O) groups is 1. The third kappa shape index (κ3) is 1.83.